The summed E-state index contributed by atoms with van der Waals surface area (Å²) < 4.78 is 5.73. The molecule has 128 valence electrons. The lowest BCUT2D eigenvalue weighted by Crippen LogP contribution is -2.39. The largest absolute Gasteiger partial charge is 0.486 e. The van der Waals surface area contributed by atoms with E-state index in [0.717, 1.165) is 29.3 Å². The van der Waals surface area contributed by atoms with Gasteiger partial charge in [-0.3, -0.25) is 9.69 Å². The van der Waals surface area contributed by atoms with E-state index < -0.39 is 0 Å². The van der Waals surface area contributed by atoms with Crippen molar-refractivity contribution in [3.8, 4) is 5.75 Å². The highest BCUT2D eigenvalue weighted by atomic mass is 32.1. The predicted octanol–water partition coefficient (Wildman–Crippen LogP) is 2.95. The Bertz CT molecular complexity index is 653. The maximum atomic E-state index is 11.4. The van der Waals surface area contributed by atoms with Crippen LogP contribution in [0, 0.1) is 0 Å². The van der Waals surface area contributed by atoms with Crippen LogP contribution in [0.3, 0.4) is 0 Å². The van der Waals surface area contributed by atoms with Crippen LogP contribution in [0.15, 0.2) is 35.7 Å². The quantitative estimate of drug-likeness (QED) is 0.799. The number of hydrogen-bond donors (Lipinski definition) is 1. The molecule has 2 N–H and O–H groups in total. The lowest BCUT2D eigenvalue weighted by atomic mass is 10.2. The van der Waals surface area contributed by atoms with E-state index >= 15 is 0 Å². The Kier molecular flexibility index (Phi) is 5.82. The molecule has 0 aliphatic heterocycles. The zero-order chi connectivity index (χ0) is 16.8. The molecule has 1 amide bonds. The molecule has 5 nitrogen and oxygen atoms in total. The predicted molar refractivity (Wildman–Crippen MR) is 94.7 cm³/mol. The maximum Gasteiger partial charge on any atom is 0.231 e. The minimum absolute atomic E-state index is 0.273. The van der Waals surface area contributed by atoms with Crippen molar-refractivity contribution < 1.29 is 9.53 Å². The van der Waals surface area contributed by atoms with Crippen molar-refractivity contribution in [3.05, 3.63) is 46.4 Å². The second-order valence-electron chi connectivity index (χ2n) is 6.14. The molecule has 0 spiro atoms. The van der Waals surface area contributed by atoms with Gasteiger partial charge >= 0.3 is 0 Å². The summed E-state index contributed by atoms with van der Waals surface area (Å²) >= 11 is 1.59. The van der Waals surface area contributed by atoms with Crippen LogP contribution in [-0.4, -0.2) is 28.4 Å². The van der Waals surface area contributed by atoms with Gasteiger partial charge in [-0.2, -0.15) is 0 Å². The molecule has 2 aromatic rings. The molecule has 3 rings (SSSR count). The topological polar surface area (TPSA) is 68.5 Å². The molecule has 0 unspecified atom stereocenters. The van der Waals surface area contributed by atoms with Crippen molar-refractivity contribution in [2.24, 2.45) is 5.73 Å². The Balaban J connectivity index is 1.58. The molecule has 1 aromatic heterocycles. The number of ether oxygens (including phenoxy) is 1. The molecule has 24 heavy (non-hydrogen) atoms. The van der Waals surface area contributed by atoms with Gasteiger partial charge in [0.25, 0.3) is 0 Å². The average Bonchev–Trinajstić information content (AvgIpc) is 3.25. The SMILES string of the molecule is NC(=O)CN(Cc1csc(COc2ccccc2)n1)C1CCCC1. The molecule has 0 radical (unpaired) electrons. The number of para-hydroxylation sites is 1. The molecule has 1 aromatic carbocycles. The minimum atomic E-state index is -0.273. The summed E-state index contributed by atoms with van der Waals surface area (Å²) in [5, 5.41) is 2.99. The fraction of sp³-hybridized carbons (Fsp3) is 0.444. The van der Waals surface area contributed by atoms with Crippen molar-refractivity contribution in [2.45, 2.75) is 44.9 Å². The molecule has 1 heterocycles. The van der Waals surface area contributed by atoms with Crippen LogP contribution in [0.5, 0.6) is 5.75 Å². The number of nitrogens with two attached hydrogens (primary N) is 1. The van der Waals surface area contributed by atoms with Crippen molar-refractivity contribution in [1.82, 2.24) is 9.88 Å². The molecular formula is C18H23N3O2S. The van der Waals surface area contributed by atoms with Gasteiger partial charge in [-0.25, -0.2) is 4.98 Å². The van der Waals surface area contributed by atoms with Crippen molar-refractivity contribution in [1.29, 1.82) is 0 Å². The van der Waals surface area contributed by atoms with Crippen LogP contribution in [0.2, 0.25) is 0 Å². The number of nitrogens with zero attached hydrogens (tertiary/aromatic N) is 2. The summed E-state index contributed by atoms with van der Waals surface area (Å²) in [4.78, 5) is 18.2. The first kappa shape index (κ1) is 16.9. The number of primary amides is 1. The lowest BCUT2D eigenvalue weighted by Gasteiger charge is -2.26. The molecule has 0 atom stereocenters. The molecular weight excluding hydrogens is 322 g/mol. The van der Waals surface area contributed by atoms with E-state index in [1.54, 1.807) is 11.3 Å². The second-order valence-corrected chi connectivity index (χ2v) is 7.09. The summed E-state index contributed by atoms with van der Waals surface area (Å²) in [6.45, 7) is 1.45. The number of amides is 1. The van der Waals surface area contributed by atoms with Crippen LogP contribution in [0.4, 0.5) is 0 Å². The summed E-state index contributed by atoms with van der Waals surface area (Å²) in [6.07, 6.45) is 4.74. The summed E-state index contributed by atoms with van der Waals surface area (Å²) in [6, 6.07) is 10.2. The number of rotatable bonds is 8. The molecule has 6 heteroatoms. The molecule has 0 saturated heterocycles. The van der Waals surface area contributed by atoms with Crippen LogP contribution < -0.4 is 10.5 Å². The molecule has 1 aliphatic rings. The zero-order valence-electron chi connectivity index (χ0n) is 13.7. The Morgan fingerprint density at radius 3 is 2.75 bits per heavy atom. The fourth-order valence-corrected chi connectivity index (χ4v) is 3.84. The average molecular weight is 345 g/mol. The van der Waals surface area contributed by atoms with Gasteiger partial charge in [-0.05, 0) is 25.0 Å². The zero-order valence-corrected chi connectivity index (χ0v) is 14.5. The molecule has 0 bridgehead atoms. The van der Waals surface area contributed by atoms with Crippen LogP contribution in [-0.2, 0) is 17.9 Å². The monoisotopic (exact) mass is 345 g/mol. The van der Waals surface area contributed by atoms with Crippen LogP contribution in [0.1, 0.15) is 36.4 Å². The minimum Gasteiger partial charge on any atom is -0.486 e. The van der Waals surface area contributed by atoms with Crippen LogP contribution in [0.25, 0.3) is 0 Å². The fourth-order valence-electron chi connectivity index (χ4n) is 3.14. The summed E-state index contributed by atoms with van der Waals surface area (Å²) in [5.74, 6) is 0.570. The van der Waals surface area contributed by atoms with E-state index in [4.69, 9.17) is 10.5 Å². The van der Waals surface area contributed by atoms with Gasteiger partial charge in [0.1, 0.15) is 17.4 Å². The van der Waals surface area contributed by atoms with Gasteiger partial charge in [-0.15, -0.1) is 11.3 Å². The van der Waals surface area contributed by atoms with E-state index in [0.29, 0.717) is 25.7 Å². The third kappa shape index (κ3) is 4.79. The van der Waals surface area contributed by atoms with Gasteiger partial charge < -0.3 is 10.5 Å². The third-order valence-electron chi connectivity index (χ3n) is 4.27. The van der Waals surface area contributed by atoms with Gasteiger partial charge in [0, 0.05) is 18.0 Å². The van der Waals surface area contributed by atoms with E-state index in [1.807, 2.05) is 35.7 Å². The second kappa shape index (κ2) is 8.26. The first-order valence-electron chi connectivity index (χ1n) is 8.34. The third-order valence-corrected chi connectivity index (χ3v) is 5.14. The van der Waals surface area contributed by atoms with Gasteiger partial charge in [0.2, 0.25) is 5.91 Å². The highest BCUT2D eigenvalue weighted by Gasteiger charge is 2.24. The number of aromatic nitrogens is 1. The number of thiazole rings is 1. The number of benzene rings is 1. The number of hydrogen-bond acceptors (Lipinski definition) is 5. The normalized spacial score (nSPS) is 15.0. The highest BCUT2D eigenvalue weighted by Crippen LogP contribution is 2.25. The number of carbonyl (C=O) groups excluding carboxylic acids is 1. The Hall–Kier alpha value is -1.92. The first-order valence-corrected chi connectivity index (χ1v) is 9.22. The highest BCUT2D eigenvalue weighted by molar-refractivity contribution is 7.09. The van der Waals surface area contributed by atoms with E-state index in [1.165, 1.54) is 12.8 Å². The smallest absolute Gasteiger partial charge is 0.231 e. The summed E-state index contributed by atoms with van der Waals surface area (Å²) in [5.41, 5.74) is 6.40. The Morgan fingerprint density at radius 1 is 1.29 bits per heavy atom. The van der Waals surface area contributed by atoms with E-state index in [2.05, 4.69) is 9.88 Å². The van der Waals surface area contributed by atoms with E-state index in [-0.39, 0.29) is 5.91 Å². The van der Waals surface area contributed by atoms with Crippen molar-refractivity contribution in [3.63, 3.8) is 0 Å². The molecule has 1 fully saturated rings. The standard InChI is InChI=1S/C18H23N3O2S/c19-17(22)11-21(15-6-4-5-7-15)10-14-13-24-18(20-14)12-23-16-8-2-1-3-9-16/h1-3,8-9,13,15H,4-7,10-12H2,(H2,19,22). The Morgan fingerprint density at radius 2 is 2.04 bits per heavy atom. The summed E-state index contributed by atoms with van der Waals surface area (Å²) in [7, 11) is 0. The lowest BCUT2D eigenvalue weighted by molar-refractivity contribution is -0.119. The first-order chi connectivity index (χ1) is 11.7. The van der Waals surface area contributed by atoms with Gasteiger partial charge in [0.05, 0.1) is 12.2 Å². The van der Waals surface area contributed by atoms with Gasteiger partial charge in [0.15, 0.2) is 0 Å². The van der Waals surface area contributed by atoms with Gasteiger partial charge in [-0.1, -0.05) is 31.0 Å². The van der Waals surface area contributed by atoms with E-state index in [9.17, 15) is 4.79 Å². The van der Waals surface area contributed by atoms with Crippen molar-refractivity contribution in [2.75, 3.05) is 6.54 Å². The molecule has 1 saturated carbocycles. The maximum absolute atomic E-state index is 11.4. The molecule has 1 aliphatic carbocycles. The van der Waals surface area contributed by atoms with Crippen molar-refractivity contribution >= 4 is 17.2 Å². The Labute approximate surface area is 146 Å². The van der Waals surface area contributed by atoms with Crippen LogP contribution >= 0.6 is 11.3 Å². The number of carbonyl (C=O) groups is 1.